The van der Waals surface area contributed by atoms with Crippen molar-refractivity contribution in [3.8, 4) is 5.75 Å². The molecule has 3 rings (SSSR count). The van der Waals surface area contributed by atoms with E-state index in [9.17, 15) is 19.7 Å². The predicted molar refractivity (Wildman–Crippen MR) is 104 cm³/mol. The van der Waals surface area contributed by atoms with E-state index in [1.165, 1.54) is 25.5 Å². The Morgan fingerprint density at radius 1 is 1.24 bits per heavy atom. The van der Waals surface area contributed by atoms with Crippen molar-refractivity contribution >= 4 is 23.2 Å². The summed E-state index contributed by atoms with van der Waals surface area (Å²) in [5.74, 6) is 0.0841. The van der Waals surface area contributed by atoms with E-state index >= 15 is 0 Å². The summed E-state index contributed by atoms with van der Waals surface area (Å²) in [5.41, 5.74) is -0.127. The van der Waals surface area contributed by atoms with Gasteiger partial charge < -0.3 is 19.4 Å². The van der Waals surface area contributed by atoms with Crippen LogP contribution in [0.1, 0.15) is 17.5 Å². The summed E-state index contributed by atoms with van der Waals surface area (Å²) in [5, 5.41) is 13.9. The van der Waals surface area contributed by atoms with Gasteiger partial charge in [0, 0.05) is 26.2 Å². The second kappa shape index (κ2) is 8.74. The van der Waals surface area contributed by atoms with Gasteiger partial charge in [-0.3, -0.25) is 24.6 Å². The summed E-state index contributed by atoms with van der Waals surface area (Å²) in [4.78, 5) is 39.3. The molecule has 1 fully saturated rings. The molecule has 1 aliphatic heterocycles. The number of hydrogen-bond donors (Lipinski definition) is 1. The number of carbonyl (C=O) groups is 2. The average molecular weight is 402 g/mol. The molecule has 2 heterocycles. The van der Waals surface area contributed by atoms with Crippen molar-refractivity contribution in [1.29, 1.82) is 0 Å². The van der Waals surface area contributed by atoms with Crippen LogP contribution in [0.2, 0.25) is 0 Å². The highest BCUT2D eigenvalue weighted by molar-refractivity contribution is 5.96. The molecule has 154 valence electrons. The zero-order valence-electron chi connectivity index (χ0n) is 16.2. The molecule has 1 aromatic carbocycles. The van der Waals surface area contributed by atoms with E-state index in [2.05, 4.69) is 5.32 Å². The topological polar surface area (TPSA) is 118 Å². The number of methoxy groups -OCH3 is 1. The molecular formula is C19H22N4O6. The molecular weight excluding hydrogens is 380 g/mol. The molecule has 1 N–H and O–H groups in total. The monoisotopic (exact) mass is 402 g/mol. The van der Waals surface area contributed by atoms with Crippen LogP contribution in [0.15, 0.2) is 41.0 Å². The second-order valence-corrected chi connectivity index (χ2v) is 6.61. The lowest BCUT2D eigenvalue weighted by Crippen LogP contribution is -2.54. The normalized spacial score (nSPS) is 15.6. The predicted octanol–water partition coefficient (Wildman–Crippen LogP) is 1.98. The van der Waals surface area contributed by atoms with Gasteiger partial charge in [-0.15, -0.1) is 0 Å². The molecule has 29 heavy (non-hydrogen) atoms. The van der Waals surface area contributed by atoms with Crippen molar-refractivity contribution in [3.05, 3.63) is 52.5 Å². The highest BCUT2D eigenvalue weighted by atomic mass is 16.6. The molecule has 10 heteroatoms. The molecule has 0 unspecified atom stereocenters. The summed E-state index contributed by atoms with van der Waals surface area (Å²) in [6.45, 7) is 3.66. The number of rotatable bonds is 6. The average Bonchev–Trinajstić information content (AvgIpc) is 3.27. The van der Waals surface area contributed by atoms with Gasteiger partial charge in [0.25, 0.3) is 11.6 Å². The number of amides is 2. The van der Waals surface area contributed by atoms with E-state index in [0.717, 1.165) is 0 Å². The molecule has 1 aliphatic rings. The number of carbonyl (C=O) groups excluding carboxylic acids is 2. The van der Waals surface area contributed by atoms with Crippen molar-refractivity contribution in [2.24, 2.45) is 0 Å². The molecule has 2 amide bonds. The van der Waals surface area contributed by atoms with Gasteiger partial charge >= 0.3 is 0 Å². The number of hydrogen-bond acceptors (Lipinski definition) is 7. The Morgan fingerprint density at radius 3 is 2.55 bits per heavy atom. The minimum atomic E-state index is -0.568. The molecule has 0 aliphatic carbocycles. The Labute approximate surface area is 167 Å². The van der Waals surface area contributed by atoms with Crippen LogP contribution in [-0.2, 0) is 4.79 Å². The van der Waals surface area contributed by atoms with Gasteiger partial charge in [-0.1, -0.05) is 0 Å². The molecule has 10 nitrogen and oxygen atoms in total. The summed E-state index contributed by atoms with van der Waals surface area (Å²) < 4.78 is 10.1. The Morgan fingerprint density at radius 2 is 1.97 bits per heavy atom. The molecule has 0 radical (unpaired) electrons. The first-order chi connectivity index (χ1) is 13.9. The number of anilines is 1. The van der Waals surface area contributed by atoms with Crippen LogP contribution in [0, 0.1) is 10.1 Å². The number of nitro benzene ring substituents is 1. The summed E-state index contributed by atoms with van der Waals surface area (Å²) in [6.07, 6.45) is 1.45. The third-order valence-electron chi connectivity index (χ3n) is 4.92. The highest BCUT2D eigenvalue weighted by Crippen LogP contribution is 2.29. The zero-order valence-corrected chi connectivity index (χ0v) is 16.2. The third-order valence-corrected chi connectivity index (χ3v) is 4.92. The molecule has 0 bridgehead atoms. The third kappa shape index (κ3) is 4.54. The number of furan rings is 1. The Kier molecular flexibility index (Phi) is 6.13. The van der Waals surface area contributed by atoms with Crippen LogP contribution < -0.4 is 10.1 Å². The Hall–Kier alpha value is -3.40. The number of nitro groups is 1. The molecule has 0 spiro atoms. The number of ether oxygens (including phenoxy) is 1. The smallest absolute Gasteiger partial charge is 0.296 e. The van der Waals surface area contributed by atoms with Gasteiger partial charge in [0.2, 0.25) is 5.91 Å². The maximum atomic E-state index is 12.6. The van der Waals surface area contributed by atoms with E-state index in [4.69, 9.17) is 9.15 Å². The first-order valence-electron chi connectivity index (χ1n) is 9.11. The maximum Gasteiger partial charge on any atom is 0.296 e. The van der Waals surface area contributed by atoms with E-state index in [0.29, 0.717) is 31.9 Å². The van der Waals surface area contributed by atoms with Crippen LogP contribution in [0.4, 0.5) is 11.4 Å². The first kappa shape index (κ1) is 20.3. The lowest BCUT2D eigenvalue weighted by Gasteiger charge is -2.37. The standard InChI is InChI=1S/C19H22N4O6/c1-13(18(24)20-15-6-5-14(28-2)12-16(15)23(26)27)21-7-9-22(10-8-21)19(25)17-4-3-11-29-17/h3-6,11-13H,7-10H2,1-2H3,(H,20,24)/t13-/m0/s1. The van der Waals surface area contributed by atoms with Gasteiger partial charge in [-0.25, -0.2) is 0 Å². The second-order valence-electron chi connectivity index (χ2n) is 6.61. The van der Waals surface area contributed by atoms with Gasteiger partial charge in [-0.2, -0.15) is 0 Å². The van der Waals surface area contributed by atoms with E-state index in [1.807, 2.05) is 4.90 Å². The molecule has 1 saturated heterocycles. The number of nitrogens with zero attached hydrogens (tertiary/aromatic N) is 3. The van der Waals surface area contributed by atoms with E-state index in [1.54, 1.807) is 30.0 Å². The number of piperazine rings is 1. The van der Waals surface area contributed by atoms with Crippen LogP contribution in [-0.4, -0.2) is 65.9 Å². The minimum Gasteiger partial charge on any atom is -0.496 e. The zero-order chi connectivity index (χ0) is 21.0. The lowest BCUT2D eigenvalue weighted by molar-refractivity contribution is -0.384. The summed E-state index contributed by atoms with van der Waals surface area (Å²) in [6, 6.07) is 7.02. The quantitative estimate of drug-likeness (QED) is 0.580. The van der Waals surface area contributed by atoms with Crippen molar-refractivity contribution in [1.82, 2.24) is 9.80 Å². The maximum absolute atomic E-state index is 12.6. The van der Waals surface area contributed by atoms with E-state index < -0.39 is 11.0 Å². The van der Waals surface area contributed by atoms with Gasteiger partial charge in [-0.05, 0) is 31.2 Å². The number of nitrogens with one attached hydrogen (secondary N) is 1. The fourth-order valence-electron chi connectivity index (χ4n) is 3.17. The van der Waals surface area contributed by atoms with Crippen molar-refractivity contribution in [2.45, 2.75) is 13.0 Å². The van der Waals surface area contributed by atoms with Crippen LogP contribution >= 0.6 is 0 Å². The molecule has 2 aromatic rings. The van der Waals surface area contributed by atoms with Crippen molar-refractivity contribution in [3.63, 3.8) is 0 Å². The van der Waals surface area contributed by atoms with Crippen molar-refractivity contribution < 1.29 is 23.7 Å². The highest BCUT2D eigenvalue weighted by Gasteiger charge is 2.29. The van der Waals surface area contributed by atoms with E-state index in [-0.39, 0.29) is 28.9 Å². The fraction of sp³-hybridized carbons (Fsp3) is 0.368. The van der Waals surface area contributed by atoms with Crippen LogP contribution in [0.3, 0.4) is 0 Å². The largest absolute Gasteiger partial charge is 0.496 e. The SMILES string of the molecule is COc1ccc(NC(=O)[C@H](C)N2CCN(C(=O)c3ccco3)CC2)c([N+](=O)[O-])c1. The minimum absolute atomic E-state index is 0.110. The molecule has 1 aromatic heterocycles. The van der Waals surface area contributed by atoms with Crippen LogP contribution in [0.5, 0.6) is 5.75 Å². The Balaban J connectivity index is 1.60. The Bertz CT molecular complexity index is 890. The molecule has 0 saturated carbocycles. The number of benzene rings is 1. The summed E-state index contributed by atoms with van der Waals surface area (Å²) >= 11 is 0. The van der Waals surface area contributed by atoms with Crippen molar-refractivity contribution in [2.75, 3.05) is 38.6 Å². The van der Waals surface area contributed by atoms with Gasteiger partial charge in [0.1, 0.15) is 11.4 Å². The fourth-order valence-corrected chi connectivity index (χ4v) is 3.17. The van der Waals surface area contributed by atoms with Gasteiger partial charge in [0.15, 0.2) is 5.76 Å². The first-order valence-corrected chi connectivity index (χ1v) is 9.11. The van der Waals surface area contributed by atoms with Gasteiger partial charge in [0.05, 0.1) is 30.4 Å². The lowest BCUT2D eigenvalue weighted by atomic mass is 10.2. The summed E-state index contributed by atoms with van der Waals surface area (Å²) in [7, 11) is 1.41. The van der Waals surface area contributed by atoms with Crippen LogP contribution in [0.25, 0.3) is 0 Å². The molecule has 1 atom stereocenters.